The average molecular weight is 255 g/mol. The highest BCUT2D eigenvalue weighted by atomic mass is 16.2. The quantitative estimate of drug-likeness (QED) is 0.826. The van der Waals surface area contributed by atoms with Crippen molar-refractivity contribution in [3.63, 3.8) is 0 Å². The third-order valence-electron chi connectivity index (χ3n) is 2.79. The fourth-order valence-electron chi connectivity index (χ4n) is 1.76. The summed E-state index contributed by atoms with van der Waals surface area (Å²) in [4.78, 5) is 19.6. The number of hydrogen-bond donors (Lipinski definition) is 0. The summed E-state index contributed by atoms with van der Waals surface area (Å²) in [6, 6.07) is 11.4. The number of amides is 2. The summed E-state index contributed by atoms with van der Waals surface area (Å²) >= 11 is 0. The highest BCUT2D eigenvalue weighted by Crippen LogP contribution is 2.26. The van der Waals surface area contributed by atoms with Gasteiger partial charge in [0.15, 0.2) is 0 Å². The van der Waals surface area contributed by atoms with Gasteiger partial charge in [0, 0.05) is 26.5 Å². The second-order valence-corrected chi connectivity index (χ2v) is 4.55. The molecular formula is C15H17N3O. The lowest BCUT2D eigenvalue weighted by atomic mass is 10.2. The van der Waals surface area contributed by atoms with Crippen molar-refractivity contribution in [3.8, 4) is 0 Å². The summed E-state index contributed by atoms with van der Waals surface area (Å²) in [7, 11) is 3.48. The molecule has 0 aliphatic heterocycles. The number of nitrogens with zero attached hydrogens (tertiary/aromatic N) is 3. The molecule has 2 rings (SSSR count). The predicted molar refractivity (Wildman–Crippen MR) is 76.6 cm³/mol. The molecule has 4 heteroatoms. The molecule has 98 valence electrons. The highest BCUT2D eigenvalue weighted by Gasteiger charge is 2.19. The molecule has 1 aromatic heterocycles. The van der Waals surface area contributed by atoms with Crippen LogP contribution in [0.25, 0.3) is 0 Å². The monoisotopic (exact) mass is 255 g/mol. The summed E-state index contributed by atoms with van der Waals surface area (Å²) in [6.45, 7) is 2.02. The summed E-state index contributed by atoms with van der Waals surface area (Å²) in [5.74, 6) is 0. The number of carbonyl (C=O) groups excluding carboxylic acids is 1. The summed E-state index contributed by atoms with van der Waals surface area (Å²) < 4.78 is 0. The van der Waals surface area contributed by atoms with E-state index in [1.807, 2.05) is 43.3 Å². The average Bonchev–Trinajstić information content (AvgIpc) is 2.42. The van der Waals surface area contributed by atoms with E-state index in [0.717, 1.165) is 16.9 Å². The molecule has 1 heterocycles. The lowest BCUT2D eigenvalue weighted by Gasteiger charge is -2.26. The van der Waals surface area contributed by atoms with Gasteiger partial charge in [0.25, 0.3) is 0 Å². The standard InChI is InChI=1S/C15H17N3O/c1-12-4-6-13(7-5-12)18(15(19)17(2)3)14-8-10-16-11-9-14/h4-11H,1-3H3. The fraction of sp³-hybridized carbons (Fsp3) is 0.200. The molecule has 0 atom stereocenters. The number of carbonyl (C=O) groups is 1. The van der Waals surface area contributed by atoms with Crippen LogP contribution in [0.4, 0.5) is 16.2 Å². The van der Waals surface area contributed by atoms with Crippen molar-refractivity contribution < 1.29 is 4.79 Å². The minimum Gasteiger partial charge on any atom is -0.330 e. The first kappa shape index (κ1) is 13.1. The van der Waals surface area contributed by atoms with Crippen LogP contribution >= 0.6 is 0 Å². The van der Waals surface area contributed by atoms with Crippen molar-refractivity contribution in [2.45, 2.75) is 6.92 Å². The molecule has 0 bridgehead atoms. The lowest BCUT2D eigenvalue weighted by Crippen LogP contribution is -2.35. The van der Waals surface area contributed by atoms with E-state index in [1.54, 1.807) is 36.3 Å². The van der Waals surface area contributed by atoms with Crippen LogP contribution in [-0.4, -0.2) is 30.0 Å². The van der Waals surface area contributed by atoms with E-state index in [4.69, 9.17) is 0 Å². The van der Waals surface area contributed by atoms with Crippen LogP contribution < -0.4 is 4.90 Å². The molecule has 19 heavy (non-hydrogen) atoms. The van der Waals surface area contributed by atoms with Crippen molar-refractivity contribution in [1.29, 1.82) is 0 Å². The van der Waals surface area contributed by atoms with Crippen LogP contribution in [0.5, 0.6) is 0 Å². The first-order chi connectivity index (χ1) is 9.09. The van der Waals surface area contributed by atoms with Crippen molar-refractivity contribution in [2.75, 3.05) is 19.0 Å². The van der Waals surface area contributed by atoms with Crippen molar-refractivity contribution in [3.05, 3.63) is 54.4 Å². The Morgan fingerprint density at radius 1 is 0.947 bits per heavy atom. The Labute approximate surface area is 113 Å². The first-order valence-electron chi connectivity index (χ1n) is 6.07. The number of benzene rings is 1. The largest absolute Gasteiger partial charge is 0.330 e. The smallest absolute Gasteiger partial charge is 0.328 e. The van der Waals surface area contributed by atoms with Gasteiger partial charge in [-0.3, -0.25) is 9.88 Å². The Bertz CT molecular complexity index is 549. The number of anilines is 2. The summed E-state index contributed by atoms with van der Waals surface area (Å²) in [5.41, 5.74) is 2.81. The van der Waals surface area contributed by atoms with Gasteiger partial charge in [0.1, 0.15) is 0 Å². The van der Waals surface area contributed by atoms with Crippen molar-refractivity contribution in [2.24, 2.45) is 0 Å². The van der Waals surface area contributed by atoms with Crippen LogP contribution in [0.3, 0.4) is 0 Å². The number of aryl methyl sites for hydroxylation is 1. The molecule has 0 N–H and O–H groups in total. The van der Waals surface area contributed by atoms with E-state index in [-0.39, 0.29) is 6.03 Å². The molecule has 0 saturated heterocycles. The van der Waals surface area contributed by atoms with Gasteiger partial charge in [0.05, 0.1) is 11.4 Å². The SMILES string of the molecule is Cc1ccc(N(C(=O)N(C)C)c2ccncc2)cc1. The number of urea groups is 1. The molecular weight excluding hydrogens is 238 g/mol. The van der Waals surface area contributed by atoms with Gasteiger partial charge >= 0.3 is 6.03 Å². The van der Waals surface area contributed by atoms with Crippen LogP contribution in [0.2, 0.25) is 0 Å². The van der Waals surface area contributed by atoms with Gasteiger partial charge in [-0.2, -0.15) is 0 Å². The molecule has 0 fully saturated rings. The maximum Gasteiger partial charge on any atom is 0.328 e. The Balaban J connectivity index is 2.46. The van der Waals surface area contributed by atoms with Gasteiger partial charge in [-0.25, -0.2) is 4.79 Å². The van der Waals surface area contributed by atoms with Gasteiger partial charge in [-0.1, -0.05) is 17.7 Å². The summed E-state index contributed by atoms with van der Waals surface area (Å²) in [5, 5.41) is 0. The predicted octanol–water partition coefficient (Wildman–Crippen LogP) is 3.21. The molecule has 0 aliphatic rings. The van der Waals surface area contributed by atoms with E-state index in [9.17, 15) is 4.79 Å². The van der Waals surface area contributed by atoms with Gasteiger partial charge in [-0.15, -0.1) is 0 Å². The Hall–Kier alpha value is -2.36. The van der Waals surface area contributed by atoms with Crippen LogP contribution in [0.15, 0.2) is 48.8 Å². The lowest BCUT2D eigenvalue weighted by molar-refractivity contribution is 0.226. The van der Waals surface area contributed by atoms with Gasteiger partial charge < -0.3 is 4.90 Å². The van der Waals surface area contributed by atoms with Gasteiger partial charge in [-0.05, 0) is 31.2 Å². The van der Waals surface area contributed by atoms with Crippen molar-refractivity contribution >= 4 is 17.4 Å². The maximum atomic E-state index is 12.4. The molecule has 4 nitrogen and oxygen atoms in total. The zero-order valence-electron chi connectivity index (χ0n) is 11.4. The zero-order chi connectivity index (χ0) is 13.8. The topological polar surface area (TPSA) is 36.4 Å². The molecule has 0 spiro atoms. The summed E-state index contributed by atoms with van der Waals surface area (Å²) in [6.07, 6.45) is 3.36. The number of hydrogen-bond acceptors (Lipinski definition) is 2. The van der Waals surface area contributed by atoms with Crippen molar-refractivity contribution in [1.82, 2.24) is 9.88 Å². The van der Waals surface area contributed by atoms with E-state index in [0.29, 0.717) is 0 Å². The minimum atomic E-state index is -0.0879. The minimum absolute atomic E-state index is 0.0879. The Kier molecular flexibility index (Phi) is 3.80. The molecule has 0 unspecified atom stereocenters. The molecule has 2 aromatic rings. The van der Waals surface area contributed by atoms with Crippen LogP contribution in [0.1, 0.15) is 5.56 Å². The van der Waals surface area contributed by atoms with Crippen LogP contribution in [-0.2, 0) is 0 Å². The molecule has 0 saturated carbocycles. The fourth-order valence-corrected chi connectivity index (χ4v) is 1.76. The second-order valence-electron chi connectivity index (χ2n) is 4.55. The molecule has 0 radical (unpaired) electrons. The van der Waals surface area contributed by atoms with E-state index in [1.165, 1.54) is 0 Å². The Morgan fingerprint density at radius 2 is 1.47 bits per heavy atom. The third kappa shape index (κ3) is 2.91. The van der Waals surface area contributed by atoms with E-state index >= 15 is 0 Å². The number of aromatic nitrogens is 1. The molecule has 2 amide bonds. The second kappa shape index (κ2) is 5.52. The maximum absolute atomic E-state index is 12.4. The highest BCUT2D eigenvalue weighted by molar-refractivity contribution is 5.99. The van der Waals surface area contributed by atoms with E-state index < -0.39 is 0 Å². The first-order valence-corrected chi connectivity index (χ1v) is 6.07. The Morgan fingerprint density at radius 3 is 2.00 bits per heavy atom. The van der Waals surface area contributed by atoms with Crippen LogP contribution in [0, 0.1) is 6.92 Å². The normalized spacial score (nSPS) is 10.1. The molecule has 0 aliphatic carbocycles. The molecule has 1 aromatic carbocycles. The third-order valence-corrected chi connectivity index (χ3v) is 2.79. The number of rotatable bonds is 2. The van der Waals surface area contributed by atoms with Gasteiger partial charge in [0.2, 0.25) is 0 Å². The number of pyridine rings is 1. The van der Waals surface area contributed by atoms with E-state index in [2.05, 4.69) is 4.98 Å². The zero-order valence-corrected chi connectivity index (χ0v) is 11.4.